The molecule has 1 aromatic carbocycles. The van der Waals surface area contributed by atoms with Gasteiger partial charge in [-0.1, -0.05) is 0 Å². The summed E-state index contributed by atoms with van der Waals surface area (Å²) in [6, 6.07) is 6.86. The Morgan fingerprint density at radius 3 is 2.64 bits per heavy atom. The van der Waals surface area contributed by atoms with Gasteiger partial charge in [-0.05, 0) is 49.3 Å². The molecule has 0 saturated carbocycles. The number of rotatable bonds is 4. The summed E-state index contributed by atoms with van der Waals surface area (Å²) < 4.78 is 5.46. The molecule has 22 heavy (non-hydrogen) atoms. The summed E-state index contributed by atoms with van der Waals surface area (Å²) in [4.78, 5) is 22.9. The number of thiocarbonyl (C=S) groups is 1. The highest BCUT2D eigenvalue weighted by atomic mass is 32.1. The largest absolute Gasteiger partial charge is 0.376 e. The van der Waals surface area contributed by atoms with E-state index in [1.54, 1.807) is 24.3 Å². The van der Waals surface area contributed by atoms with Crippen LogP contribution in [0.4, 0.5) is 5.69 Å². The summed E-state index contributed by atoms with van der Waals surface area (Å²) in [5.41, 5.74) is 1.27. The number of carbonyl (C=O) groups is 2. The summed E-state index contributed by atoms with van der Waals surface area (Å²) in [6.07, 6.45) is 2.17. The SMILES string of the molecule is CC(=O)NC(=S)Nc1ccc(C(=O)NC[C@@H]2CCCO2)cc1. The summed E-state index contributed by atoms with van der Waals surface area (Å²) in [5.74, 6) is -0.367. The van der Waals surface area contributed by atoms with Crippen LogP contribution in [0.1, 0.15) is 30.1 Å². The van der Waals surface area contributed by atoms with E-state index in [0.29, 0.717) is 17.8 Å². The number of nitrogens with one attached hydrogen (secondary N) is 3. The first-order valence-corrected chi connectivity index (χ1v) is 7.54. The Morgan fingerprint density at radius 2 is 2.05 bits per heavy atom. The van der Waals surface area contributed by atoms with Crippen LogP contribution >= 0.6 is 12.2 Å². The van der Waals surface area contributed by atoms with Gasteiger partial charge in [-0.3, -0.25) is 9.59 Å². The molecule has 1 fully saturated rings. The molecule has 0 aromatic heterocycles. The Morgan fingerprint density at radius 1 is 1.32 bits per heavy atom. The lowest BCUT2D eigenvalue weighted by Gasteiger charge is -2.11. The van der Waals surface area contributed by atoms with Gasteiger partial charge in [0, 0.05) is 31.3 Å². The van der Waals surface area contributed by atoms with Crippen LogP contribution in [0.25, 0.3) is 0 Å². The summed E-state index contributed by atoms with van der Waals surface area (Å²) in [5, 5.41) is 8.42. The zero-order chi connectivity index (χ0) is 15.9. The molecule has 1 saturated heterocycles. The second-order valence-electron chi connectivity index (χ2n) is 5.06. The molecule has 0 aliphatic carbocycles. The molecule has 1 heterocycles. The smallest absolute Gasteiger partial charge is 0.251 e. The van der Waals surface area contributed by atoms with Crippen molar-refractivity contribution in [2.45, 2.75) is 25.9 Å². The number of carbonyl (C=O) groups excluding carboxylic acids is 2. The second kappa shape index (κ2) is 7.86. The van der Waals surface area contributed by atoms with Crippen molar-refractivity contribution < 1.29 is 14.3 Å². The van der Waals surface area contributed by atoms with Gasteiger partial charge in [-0.25, -0.2) is 0 Å². The van der Waals surface area contributed by atoms with Gasteiger partial charge < -0.3 is 20.7 Å². The van der Waals surface area contributed by atoms with E-state index in [9.17, 15) is 9.59 Å². The van der Waals surface area contributed by atoms with Gasteiger partial charge in [0.05, 0.1) is 6.10 Å². The second-order valence-corrected chi connectivity index (χ2v) is 5.47. The van der Waals surface area contributed by atoms with Crippen LogP contribution < -0.4 is 16.0 Å². The van der Waals surface area contributed by atoms with Gasteiger partial charge >= 0.3 is 0 Å². The Kier molecular flexibility index (Phi) is 5.85. The maximum atomic E-state index is 12.0. The minimum Gasteiger partial charge on any atom is -0.376 e. The highest BCUT2D eigenvalue weighted by molar-refractivity contribution is 7.80. The third kappa shape index (κ3) is 5.09. The number of hydrogen-bond donors (Lipinski definition) is 3. The Hall–Kier alpha value is -1.99. The van der Waals surface area contributed by atoms with Crippen LogP contribution in [0.5, 0.6) is 0 Å². The summed E-state index contributed by atoms with van der Waals surface area (Å²) in [6.45, 7) is 2.69. The van der Waals surface area contributed by atoms with Gasteiger partial charge in [-0.15, -0.1) is 0 Å². The maximum absolute atomic E-state index is 12.0. The monoisotopic (exact) mass is 321 g/mol. The van der Waals surface area contributed by atoms with Crippen molar-refractivity contribution >= 4 is 34.8 Å². The minimum atomic E-state index is -0.234. The van der Waals surface area contributed by atoms with Crippen molar-refractivity contribution in [3.63, 3.8) is 0 Å². The molecule has 118 valence electrons. The predicted molar refractivity (Wildman–Crippen MR) is 87.8 cm³/mol. The van der Waals surface area contributed by atoms with E-state index in [-0.39, 0.29) is 23.0 Å². The van der Waals surface area contributed by atoms with Gasteiger partial charge in [0.15, 0.2) is 5.11 Å². The van der Waals surface area contributed by atoms with Gasteiger partial charge in [-0.2, -0.15) is 0 Å². The molecule has 7 heteroatoms. The van der Waals surface area contributed by atoms with E-state index in [0.717, 1.165) is 19.4 Å². The van der Waals surface area contributed by atoms with Crippen molar-refractivity contribution in [3.05, 3.63) is 29.8 Å². The van der Waals surface area contributed by atoms with Gasteiger partial charge in [0.1, 0.15) is 0 Å². The molecule has 6 nitrogen and oxygen atoms in total. The fourth-order valence-electron chi connectivity index (χ4n) is 2.14. The Bertz CT molecular complexity index is 554. The molecular formula is C15H19N3O3S. The standard InChI is InChI=1S/C15H19N3O3S/c1-10(19)17-15(22)18-12-6-4-11(5-7-12)14(20)16-9-13-3-2-8-21-13/h4-7,13H,2-3,8-9H2,1H3,(H,16,20)(H2,17,18,19,22)/t13-/m0/s1. The maximum Gasteiger partial charge on any atom is 0.251 e. The topological polar surface area (TPSA) is 79.5 Å². The van der Waals surface area contributed by atoms with E-state index < -0.39 is 0 Å². The lowest BCUT2D eigenvalue weighted by Crippen LogP contribution is -2.32. The molecule has 3 N–H and O–H groups in total. The van der Waals surface area contributed by atoms with Crippen LogP contribution in [-0.2, 0) is 9.53 Å². The Balaban J connectivity index is 1.83. The van der Waals surface area contributed by atoms with Gasteiger partial charge in [0.2, 0.25) is 5.91 Å². The lowest BCUT2D eigenvalue weighted by molar-refractivity contribution is -0.117. The molecule has 1 atom stereocenters. The van der Waals surface area contributed by atoms with E-state index in [1.807, 2.05) is 0 Å². The molecule has 0 radical (unpaired) electrons. The lowest BCUT2D eigenvalue weighted by atomic mass is 10.2. The summed E-state index contributed by atoms with van der Waals surface area (Å²) >= 11 is 4.96. The molecule has 0 spiro atoms. The molecule has 1 aromatic rings. The van der Waals surface area contributed by atoms with Crippen LogP contribution in [0.3, 0.4) is 0 Å². The average Bonchev–Trinajstić information content (AvgIpc) is 2.98. The number of amides is 2. The molecular weight excluding hydrogens is 302 g/mol. The highest BCUT2D eigenvalue weighted by Gasteiger charge is 2.16. The van der Waals surface area contributed by atoms with Crippen molar-refractivity contribution in [1.29, 1.82) is 0 Å². The first kappa shape index (κ1) is 16.4. The molecule has 2 amide bonds. The van der Waals surface area contributed by atoms with Gasteiger partial charge in [0.25, 0.3) is 5.91 Å². The quantitative estimate of drug-likeness (QED) is 0.731. The molecule has 2 rings (SSSR count). The predicted octanol–water partition coefficient (Wildman–Crippen LogP) is 1.43. The van der Waals surface area contributed by atoms with E-state index in [4.69, 9.17) is 17.0 Å². The zero-order valence-electron chi connectivity index (χ0n) is 12.3. The van der Waals surface area contributed by atoms with Crippen molar-refractivity contribution in [1.82, 2.24) is 10.6 Å². The van der Waals surface area contributed by atoms with E-state index in [2.05, 4.69) is 16.0 Å². The average molecular weight is 321 g/mol. The fraction of sp³-hybridized carbons (Fsp3) is 0.400. The zero-order valence-corrected chi connectivity index (χ0v) is 13.2. The van der Waals surface area contributed by atoms with Crippen molar-refractivity contribution in [2.75, 3.05) is 18.5 Å². The first-order chi connectivity index (χ1) is 10.5. The molecule has 0 unspecified atom stereocenters. The van der Waals surface area contributed by atoms with Crippen LogP contribution in [-0.4, -0.2) is 36.2 Å². The molecule has 0 bridgehead atoms. The van der Waals surface area contributed by atoms with Crippen LogP contribution in [0.2, 0.25) is 0 Å². The first-order valence-electron chi connectivity index (χ1n) is 7.13. The van der Waals surface area contributed by atoms with Crippen molar-refractivity contribution in [3.8, 4) is 0 Å². The Labute approximate surface area is 134 Å². The van der Waals surface area contributed by atoms with Crippen LogP contribution in [0.15, 0.2) is 24.3 Å². The van der Waals surface area contributed by atoms with E-state index >= 15 is 0 Å². The minimum absolute atomic E-state index is 0.125. The number of anilines is 1. The third-order valence-electron chi connectivity index (χ3n) is 3.21. The van der Waals surface area contributed by atoms with E-state index in [1.165, 1.54) is 6.92 Å². The fourth-order valence-corrected chi connectivity index (χ4v) is 2.40. The number of ether oxygens (including phenoxy) is 1. The molecule has 1 aliphatic heterocycles. The van der Waals surface area contributed by atoms with Crippen LogP contribution in [0, 0.1) is 0 Å². The highest BCUT2D eigenvalue weighted by Crippen LogP contribution is 2.12. The van der Waals surface area contributed by atoms with Crippen molar-refractivity contribution in [2.24, 2.45) is 0 Å². The third-order valence-corrected chi connectivity index (χ3v) is 3.41. The molecule has 1 aliphatic rings. The normalized spacial score (nSPS) is 16.9. The number of benzene rings is 1. The summed E-state index contributed by atoms with van der Waals surface area (Å²) in [7, 11) is 0. The number of hydrogen-bond acceptors (Lipinski definition) is 4.